The van der Waals surface area contributed by atoms with Crippen molar-refractivity contribution in [2.24, 2.45) is 0 Å². The minimum Gasteiger partial charge on any atom is -0.354 e. The number of aromatic amines is 1. The van der Waals surface area contributed by atoms with Crippen LogP contribution in [0.15, 0.2) is 16.2 Å². The van der Waals surface area contributed by atoms with Gasteiger partial charge in [0.1, 0.15) is 10.9 Å². The fraction of sp³-hybridized carbons (Fsp3) is 0.417. The Balaban J connectivity index is 2.47. The minimum atomic E-state index is -0.618. The van der Waals surface area contributed by atoms with E-state index in [1.807, 2.05) is 12.3 Å². The Bertz CT molecular complexity index is 714. The highest BCUT2D eigenvalue weighted by atomic mass is 32.1. The summed E-state index contributed by atoms with van der Waals surface area (Å²) in [6.07, 6.45) is 0.851. The lowest BCUT2D eigenvalue weighted by atomic mass is 10.3. The minimum absolute atomic E-state index is 0.196. The summed E-state index contributed by atoms with van der Waals surface area (Å²) < 4.78 is 1.61. The van der Waals surface area contributed by atoms with E-state index in [0.717, 1.165) is 11.3 Å². The van der Waals surface area contributed by atoms with E-state index in [1.54, 1.807) is 13.0 Å². The van der Waals surface area contributed by atoms with Crippen LogP contribution in [0.1, 0.15) is 26.3 Å². The van der Waals surface area contributed by atoms with Crippen LogP contribution in [-0.4, -0.2) is 22.0 Å². The normalized spacial score (nSPS) is 12.5. The van der Waals surface area contributed by atoms with E-state index in [0.29, 0.717) is 11.9 Å². The van der Waals surface area contributed by atoms with Gasteiger partial charge in [-0.25, -0.2) is 0 Å². The molecule has 1 amide bonds. The first-order valence-electron chi connectivity index (χ1n) is 6.06. The van der Waals surface area contributed by atoms with Crippen LogP contribution in [0.5, 0.6) is 0 Å². The van der Waals surface area contributed by atoms with Crippen LogP contribution in [0.4, 0.5) is 0 Å². The van der Waals surface area contributed by atoms with Crippen molar-refractivity contribution in [1.82, 2.24) is 14.9 Å². The van der Waals surface area contributed by atoms with E-state index >= 15 is 0 Å². The van der Waals surface area contributed by atoms with Gasteiger partial charge in [-0.15, -0.1) is 11.3 Å². The van der Waals surface area contributed by atoms with Gasteiger partial charge in [0.15, 0.2) is 4.77 Å². The van der Waals surface area contributed by atoms with Crippen molar-refractivity contribution in [3.63, 3.8) is 0 Å². The molecule has 0 radical (unpaired) electrons. The molecule has 102 valence electrons. The molecule has 0 aliphatic rings. The number of carbonyl (C=O) groups excluding carboxylic acids is 1. The lowest BCUT2D eigenvalue weighted by molar-refractivity contribution is -0.123. The smallest absolute Gasteiger partial charge is 0.263 e. The summed E-state index contributed by atoms with van der Waals surface area (Å²) in [7, 11) is 0. The fourth-order valence-electron chi connectivity index (χ4n) is 1.82. The molecule has 0 aliphatic carbocycles. The standard InChI is InChI=1S/C12H15N3O2S2/c1-3-5-13-9(16)7(2)15-11(17)8-4-6-19-10(8)14-12(15)18/h4,6-7H,3,5H2,1-2H3,(H,13,16)(H,14,18). The van der Waals surface area contributed by atoms with Crippen LogP contribution >= 0.6 is 23.6 Å². The second kappa shape index (κ2) is 5.66. The lowest BCUT2D eigenvalue weighted by Gasteiger charge is -2.15. The summed E-state index contributed by atoms with van der Waals surface area (Å²) >= 11 is 6.60. The van der Waals surface area contributed by atoms with E-state index in [4.69, 9.17) is 12.2 Å². The molecule has 7 heteroatoms. The molecule has 0 aliphatic heterocycles. The van der Waals surface area contributed by atoms with Crippen LogP contribution in [0, 0.1) is 4.77 Å². The molecule has 2 N–H and O–H groups in total. The fourth-order valence-corrected chi connectivity index (χ4v) is 3.00. The predicted octanol–water partition coefficient (Wildman–Crippen LogP) is 2.21. The highest BCUT2D eigenvalue weighted by molar-refractivity contribution is 7.71. The highest BCUT2D eigenvalue weighted by Crippen LogP contribution is 2.15. The molecule has 0 saturated carbocycles. The van der Waals surface area contributed by atoms with E-state index < -0.39 is 6.04 Å². The number of fused-ring (bicyclic) bond motifs is 1. The van der Waals surface area contributed by atoms with Gasteiger partial charge >= 0.3 is 0 Å². The summed E-state index contributed by atoms with van der Waals surface area (Å²) in [5.41, 5.74) is -0.223. The van der Waals surface area contributed by atoms with E-state index in [9.17, 15) is 9.59 Å². The van der Waals surface area contributed by atoms with Gasteiger partial charge in [-0.2, -0.15) is 0 Å². The maximum absolute atomic E-state index is 12.3. The van der Waals surface area contributed by atoms with Crippen LogP contribution in [0.2, 0.25) is 0 Å². The topological polar surface area (TPSA) is 66.9 Å². The highest BCUT2D eigenvalue weighted by Gasteiger charge is 2.18. The second-order valence-electron chi connectivity index (χ2n) is 4.24. The lowest BCUT2D eigenvalue weighted by Crippen LogP contribution is -2.36. The Morgan fingerprint density at radius 1 is 1.63 bits per heavy atom. The first-order valence-corrected chi connectivity index (χ1v) is 7.34. The molecule has 5 nitrogen and oxygen atoms in total. The largest absolute Gasteiger partial charge is 0.354 e. The number of carbonyl (C=O) groups is 1. The third-order valence-corrected chi connectivity index (χ3v) is 4.00. The van der Waals surface area contributed by atoms with Crippen molar-refractivity contribution in [2.45, 2.75) is 26.3 Å². The van der Waals surface area contributed by atoms with Crippen molar-refractivity contribution in [3.05, 3.63) is 26.6 Å². The van der Waals surface area contributed by atoms with E-state index in [2.05, 4.69) is 10.3 Å². The molecular weight excluding hydrogens is 282 g/mol. The van der Waals surface area contributed by atoms with Gasteiger partial charge in [0.2, 0.25) is 5.91 Å². The van der Waals surface area contributed by atoms with Crippen LogP contribution < -0.4 is 10.9 Å². The zero-order chi connectivity index (χ0) is 14.0. The molecule has 0 aromatic carbocycles. The first kappa shape index (κ1) is 14.0. The molecule has 0 saturated heterocycles. The van der Waals surface area contributed by atoms with Gasteiger partial charge < -0.3 is 10.3 Å². The Morgan fingerprint density at radius 2 is 2.37 bits per heavy atom. The van der Waals surface area contributed by atoms with Gasteiger partial charge in [0.25, 0.3) is 5.56 Å². The third kappa shape index (κ3) is 2.62. The van der Waals surface area contributed by atoms with Crippen molar-refractivity contribution in [1.29, 1.82) is 0 Å². The quantitative estimate of drug-likeness (QED) is 0.850. The summed E-state index contributed by atoms with van der Waals surface area (Å²) in [4.78, 5) is 28.0. The summed E-state index contributed by atoms with van der Waals surface area (Å²) in [6.45, 7) is 4.24. The number of rotatable bonds is 4. The van der Waals surface area contributed by atoms with E-state index in [1.165, 1.54) is 15.9 Å². The van der Waals surface area contributed by atoms with Gasteiger partial charge in [-0.3, -0.25) is 14.2 Å². The zero-order valence-corrected chi connectivity index (χ0v) is 12.4. The van der Waals surface area contributed by atoms with Crippen molar-refractivity contribution < 1.29 is 4.79 Å². The molecule has 1 atom stereocenters. The Morgan fingerprint density at radius 3 is 3.05 bits per heavy atom. The molecule has 2 aromatic heterocycles. The average Bonchev–Trinajstić information content (AvgIpc) is 2.83. The zero-order valence-electron chi connectivity index (χ0n) is 10.7. The summed E-state index contributed by atoms with van der Waals surface area (Å²) in [6, 6.07) is 1.12. The number of aromatic nitrogens is 2. The van der Waals surface area contributed by atoms with Gasteiger partial charge in [-0.05, 0) is 37.0 Å². The van der Waals surface area contributed by atoms with E-state index in [-0.39, 0.29) is 16.2 Å². The summed E-state index contributed by atoms with van der Waals surface area (Å²) in [5.74, 6) is -0.196. The predicted molar refractivity (Wildman–Crippen MR) is 79.3 cm³/mol. The second-order valence-corrected chi connectivity index (χ2v) is 5.54. The Kier molecular flexibility index (Phi) is 4.16. The monoisotopic (exact) mass is 297 g/mol. The van der Waals surface area contributed by atoms with Crippen LogP contribution in [-0.2, 0) is 4.79 Å². The molecule has 0 bridgehead atoms. The maximum atomic E-state index is 12.3. The molecule has 2 heterocycles. The Labute approximate surface area is 119 Å². The number of hydrogen-bond donors (Lipinski definition) is 2. The first-order chi connectivity index (χ1) is 9.06. The van der Waals surface area contributed by atoms with Gasteiger partial charge in [-0.1, -0.05) is 6.92 Å². The average molecular weight is 297 g/mol. The van der Waals surface area contributed by atoms with Crippen molar-refractivity contribution in [2.75, 3.05) is 6.54 Å². The van der Waals surface area contributed by atoms with Crippen molar-refractivity contribution >= 4 is 39.7 Å². The number of amides is 1. The number of hydrogen-bond acceptors (Lipinski definition) is 4. The Hall–Kier alpha value is -1.47. The molecule has 0 fully saturated rings. The molecule has 1 unspecified atom stereocenters. The summed E-state index contributed by atoms with van der Waals surface area (Å²) in [5, 5.41) is 5.16. The molecule has 2 aromatic rings. The molecular formula is C12H15N3O2S2. The number of thiophene rings is 1. The number of H-pyrrole nitrogens is 1. The molecule has 0 spiro atoms. The third-order valence-electron chi connectivity index (χ3n) is 2.87. The molecule has 19 heavy (non-hydrogen) atoms. The van der Waals surface area contributed by atoms with Gasteiger partial charge in [0, 0.05) is 6.54 Å². The van der Waals surface area contributed by atoms with Crippen LogP contribution in [0.25, 0.3) is 10.2 Å². The van der Waals surface area contributed by atoms with Crippen LogP contribution in [0.3, 0.4) is 0 Å². The molecule has 2 rings (SSSR count). The number of nitrogens with zero attached hydrogens (tertiary/aromatic N) is 1. The SMILES string of the molecule is CCCNC(=O)C(C)n1c(=S)[nH]c2sccc2c1=O. The maximum Gasteiger partial charge on any atom is 0.263 e. The van der Waals surface area contributed by atoms with Crippen molar-refractivity contribution in [3.8, 4) is 0 Å². The number of nitrogens with one attached hydrogen (secondary N) is 2. The van der Waals surface area contributed by atoms with Gasteiger partial charge in [0.05, 0.1) is 5.39 Å².